The van der Waals surface area contributed by atoms with Crippen LogP contribution >= 0.6 is 0 Å². The first kappa shape index (κ1) is 19.3. The second-order valence-electron chi connectivity index (χ2n) is 6.48. The molecule has 3 rings (SSSR count). The third-order valence-electron chi connectivity index (χ3n) is 4.61. The van der Waals surface area contributed by atoms with Crippen molar-refractivity contribution in [2.45, 2.75) is 17.9 Å². The Hall–Kier alpha value is -1.43. The summed E-state index contributed by atoms with van der Waals surface area (Å²) in [5.74, 6) is -0.269. The van der Waals surface area contributed by atoms with E-state index in [9.17, 15) is 21.6 Å². The second kappa shape index (κ2) is 7.67. The molecule has 0 bridgehead atoms. The quantitative estimate of drug-likeness (QED) is 0.679. The average Bonchev–Trinajstić information content (AvgIpc) is 3.28. The molecule has 0 saturated carbocycles. The van der Waals surface area contributed by atoms with Crippen LogP contribution in [0.4, 0.5) is 0 Å². The molecular formula is C15H23N3O6S2. The van der Waals surface area contributed by atoms with Gasteiger partial charge in [-0.25, -0.2) is 16.8 Å². The predicted octanol–water partition coefficient (Wildman–Crippen LogP) is -0.476. The molecule has 146 valence electrons. The summed E-state index contributed by atoms with van der Waals surface area (Å²) in [6, 6.07) is 2.66. The number of nitrogens with one attached hydrogen (secondary N) is 1. The van der Waals surface area contributed by atoms with E-state index in [1.54, 1.807) is 0 Å². The zero-order chi connectivity index (χ0) is 18.8. The lowest BCUT2D eigenvalue weighted by Gasteiger charge is -2.26. The highest BCUT2D eigenvalue weighted by Crippen LogP contribution is 2.22. The van der Waals surface area contributed by atoms with E-state index >= 15 is 0 Å². The number of furan rings is 1. The first-order valence-corrected chi connectivity index (χ1v) is 11.8. The molecule has 0 aliphatic carbocycles. The van der Waals surface area contributed by atoms with Crippen molar-refractivity contribution in [2.24, 2.45) is 0 Å². The molecule has 26 heavy (non-hydrogen) atoms. The van der Waals surface area contributed by atoms with Crippen molar-refractivity contribution >= 4 is 25.8 Å². The molecule has 0 unspecified atom stereocenters. The van der Waals surface area contributed by atoms with Gasteiger partial charge in [0.2, 0.25) is 5.09 Å². The van der Waals surface area contributed by atoms with Crippen LogP contribution < -0.4 is 5.32 Å². The largest absolute Gasteiger partial charge is 0.438 e. The predicted molar refractivity (Wildman–Crippen MR) is 94.1 cm³/mol. The summed E-state index contributed by atoms with van der Waals surface area (Å²) in [5.41, 5.74) is 0. The minimum Gasteiger partial charge on any atom is -0.438 e. The van der Waals surface area contributed by atoms with Gasteiger partial charge in [-0.05, 0) is 25.0 Å². The van der Waals surface area contributed by atoms with Gasteiger partial charge in [-0.1, -0.05) is 0 Å². The lowest BCUT2D eigenvalue weighted by Crippen LogP contribution is -2.43. The van der Waals surface area contributed by atoms with Crippen LogP contribution in [0.15, 0.2) is 21.6 Å². The molecular weight excluding hydrogens is 382 g/mol. The Morgan fingerprint density at radius 3 is 2.42 bits per heavy atom. The molecule has 0 aromatic carbocycles. The van der Waals surface area contributed by atoms with Crippen molar-refractivity contribution in [1.82, 2.24) is 14.5 Å². The highest BCUT2D eigenvalue weighted by atomic mass is 32.2. The zero-order valence-electron chi connectivity index (χ0n) is 14.4. The number of hydrogen-bond acceptors (Lipinski definition) is 7. The monoisotopic (exact) mass is 405 g/mol. The summed E-state index contributed by atoms with van der Waals surface area (Å²) in [4.78, 5) is 14.1. The maximum atomic E-state index is 12.4. The lowest BCUT2D eigenvalue weighted by atomic mass is 10.4. The van der Waals surface area contributed by atoms with Crippen LogP contribution in [0, 0.1) is 0 Å². The van der Waals surface area contributed by atoms with Crippen LogP contribution in [-0.2, 0) is 19.9 Å². The van der Waals surface area contributed by atoms with Gasteiger partial charge in [0, 0.05) is 39.3 Å². The molecule has 1 N–H and O–H groups in total. The van der Waals surface area contributed by atoms with Gasteiger partial charge in [0.25, 0.3) is 15.9 Å². The van der Waals surface area contributed by atoms with E-state index in [1.807, 2.05) is 4.90 Å². The maximum Gasteiger partial charge on any atom is 0.287 e. The number of sulfone groups is 1. The number of rotatable bonds is 6. The number of carbonyl (C=O) groups is 1. The van der Waals surface area contributed by atoms with Gasteiger partial charge in [0.15, 0.2) is 15.6 Å². The normalized spacial score (nSPS) is 21.7. The van der Waals surface area contributed by atoms with Crippen molar-refractivity contribution in [3.63, 3.8) is 0 Å². The molecule has 1 aromatic heterocycles. The van der Waals surface area contributed by atoms with E-state index in [4.69, 9.17) is 4.42 Å². The lowest BCUT2D eigenvalue weighted by molar-refractivity contribution is 0.0915. The number of amides is 1. The molecule has 0 atom stereocenters. The standard InChI is InChI=1S/C15H23N3O6S2/c19-15(16-5-8-17-9-11-25(20,21)12-10-17)13-3-4-14(24-13)26(22,23)18-6-1-2-7-18/h3-4H,1-2,5-12H2,(H,16,19). The fourth-order valence-corrected chi connectivity index (χ4v) is 5.73. The van der Waals surface area contributed by atoms with Crippen LogP contribution in [0.5, 0.6) is 0 Å². The summed E-state index contributed by atoms with van der Waals surface area (Å²) in [5, 5.41) is 2.45. The molecule has 1 amide bonds. The zero-order valence-corrected chi connectivity index (χ0v) is 16.0. The Morgan fingerprint density at radius 1 is 1.12 bits per heavy atom. The van der Waals surface area contributed by atoms with Gasteiger partial charge in [-0.3, -0.25) is 9.69 Å². The first-order valence-electron chi connectivity index (χ1n) is 8.59. The molecule has 3 heterocycles. The molecule has 0 radical (unpaired) electrons. The summed E-state index contributed by atoms with van der Waals surface area (Å²) in [6.07, 6.45) is 1.65. The van der Waals surface area contributed by atoms with E-state index < -0.39 is 25.8 Å². The van der Waals surface area contributed by atoms with Crippen LogP contribution in [0.2, 0.25) is 0 Å². The Kier molecular flexibility index (Phi) is 5.70. The van der Waals surface area contributed by atoms with E-state index in [0.717, 1.165) is 12.8 Å². The van der Waals surface area contributed by atoms with Gasteiger partial charge in [-0.2, -0.15) is 4.31 Å². The van der Waals surface area contributed by atoms with Crippen molar-refractivity contribution in [1.29, 1.82) is 0 Å². The Morgan fingerprint density at radius 2 is 1.77 bits per heavy atom. The number of nitrogens with zero attached hydrogens (tertiary/aromatic N) is 2. The average molecular weight is 405 g/mol. The van der Waals surface area contributed by atoms with Crippen LogP contribution in [0.1, 0.15) is 23.4 Å². The van der Waals surface area contributed by atoms with Crippen LogP contribution in [0.3, 0.4) is 0 Å². The van der Waals surface area contributed by atoms with Gasteiger partial charge < -0.3 is 9.73 Å². The second-order valence-corrected chi connectivity index (χ2v) is 10.7. The van der Waals surface area contributed by atoms with E-state index in [-0.39, 0.29) is 22.4 Å². The fraction of sp³-hybridized carbons (Fsp3) is 0.667. The summed E-state index contributed by atoms with van der Waals surface area (Å²) < 4.78 is 54.2. The van der Waals surface area contributed by atoms with Crippen molar-refractivity contribution in [3.8, 4) is 0 Å². The van der Waals surface area contributed by atoms with E-state index in [2.05, 4.69) is 5.32 Å². The molecule has 2 aliphatic rings. The number of sulfonamides is 1. The minimum absolute atomic E-state index is 0.0519. The fourth-order valence-electron chi connectivity index (χ4n) is 3.03. The maximum absolute atomic E-state index is 12.4. The molecule has 9 nitrogen and oxygen atoms in total. The van der Waals surface area contributed by atoms with Gasteiger partial charge in [-0.15, -0.1) is 0 Å². The molecule has 2 aliphatic heterocycles. The third-order valence-corrected chi connectivity index (χ3v) is 8.00. The van der Waals surface area contributed by atoms with Crippen LogP contribution in [-0.4, -0.2) is 82.7 Å². The molecule has 1 aromatic rings. The molecule has 2 saturated heterocycles. The van der Waals surface area contributed by atoms with Crippen LogP contribution in [0.25, 0.3) is 0 Å². The summed E-state index contributed by atoms with van der Waals surface area (Å²) >= 11 is 0. The van der Waals surface area contributed by atoms with Crippen molar-refractivity contribution in [2.75, 3.05) is 50.8 Å². The number of hydrogen-bond donors (Lipinski definition) is 1. The topological polar surface area (TPSA) is 117 Å². The summed E-state index contributed by atoms with van der Waals surface area (Å²) in [6.45, 7) is 2.70. The Labute approximate surface area is 153 Å². The Bertz CT molecular complexity index is 842. The smallest absolute Gasteiger partial charge is 0.287 e. The van der Waals surface area contributed by atoms with E-state index in [0.29, 0.717) is 39.3 Å². The third kappa shape index (κ3) is 4.45. The highest BCUT2D eigenvalue weighted by Gasteiger charge is 2.30. The van der Waals surface area contributed by atoms with Gasteiger partial charge >= 0.3 is 0 Å². The highest BCUT2D eigenvalue weighted by molar-refractivity contribution is 7.91. The minimum atomic E-state index is -3.68. The van der Waals surface area contributed by atoms with Gasteiger partial charge in [0.1, 0.15) is 0 Å². The SMILES string of the molecule is O=C(NCCN1CCS(=O)(=O)CC1)c1ccc(S(=O)(=O)N2CCCC2)o1. The molecule has 0 spiro atoms. The molecule has 11 heteroatoms. The van der Waals surface area contributed by atoms with Crippen molar-refractivity contribution in [3.05, 3.63) is 17.9 Å². The number of carbonyl (C=O) groups excluding carboxylic acids is 1. The summed E-state index contributed by atoms with van der Waals surface area (Å²) in [7, 11) is -6.60. The van der Waals surface area contributed by atoms with Crippen molar-refractivity contribution < 1.29 is 26.0 Å². The molecule has 2 fully saturated rings. The van der Waals surface area contributed by atoms with Gasteiger partial charge in [0.05, 0.1) is 11.5 Å². The first-order chi connectivity index (χ1) is 12.3. The van der Waals surface area contributed by atoms with E-state index in [1.165, 1.54) is 16.4 Å². The Balaban J connectivity index is 1.51.